The number of ether oxygens (including phenoxy) is 4. The third-order valence-corrected chi connectivity index (χ3v) is 4.03. The van der Waals surface area contributed by atoms with Crippen LogP contribution in [0.25, 0.3) is 0 Å². The molecule has 4 atom stereocenters. The van der Waals surface area contributed by atoms with E-state index in [4.69, 9.17) is 18.9 Å². The standard InChI is InChI=1S/C19H30O4/c1-4-14-22-17-16(13-12-15-10-8-7-9-11-15)23-19(21-6-3)18(17)20-5-2/h7-11,16-19H,4-6,12-14H2,1-3H3/t16-,17+,18-,19+/m1/s1. The molecule has 1 aromatic rings. The molecule has 0 aliphatic carbocycles. The SMILES string of the molecule is CCCO[C@@H]1[C@@H](OCC)[C@@H](OCC)O[C@@H]1CCc1ccccc1. The maximum absolute atomic E-state index is 6.13. The Balaban J connectivity index is 2.01. The maximum Gasteiger partial charge on any atom is 0.186 e. The van der Waals surface area contributed by atoms with Crippen LogP contribution in [0, 0.1) is 0 Å². The molecule has 1 saturated heterocycles. The van der Waals surface area contributed by atoms with Gasteiger partial charge in [-0.2, -0.15) is 0 Å². The van der Waals surface area contributed by atoms with Crippen LogP contribution in [0.1, 0.15) is 39.2 Å². The van der Waals surface area contributed by atoms with Gasteiger partial charge in [0.05, 0.1) is 6.10 Å². The van der Waals surface area contributed by atoms with Crippen LogP contribution in [0.3, 0.4) is 0 Å². The minimum Gasteiger partial charge on any atom is -0.373 e. The molecule has 0 N–H and O–H groups in total. The quantitative estimate of drug-likeness (QED) is 0.660. The first-order chi connectivity index (χ1) is 11.3. The second kappa shape index (κ2) is 10.0. The predicted molar refractivity (Wildman–Crippen MR) is 90.5 cm³/mol. The first-order valence-electron chi connectivity index (χ1n) is 8.84. The maximum atomic E-state index is 6.13. The van der Waals surface area contributed by atoms with Crippen LogP contribution in [-0.2, 0) is 25.4 Å². The van der Waals surface area contributed by atoms with Crippen molar-refractivity contribution in [3.05, 3.63) is 35.9 Å². The topological polar surface area (TPSA) is 36.9 Å². The third kappa shape index (κ3) is 5.28. The first-order valence-corrected chi connectivity index (χ1v) is 8.84. The Labute approximate surface area is 140 Å². The van der Waals surface area contributed by atoms with Crippen LogP contribution in [0.5, 0.6) is 0 Å². The van der Waals surface area contributed by atoms with Gasteiger partial charge in [-0.1, -0.05) is 37.3 Å². The Morgan fingerprint density at radius 1 is 0.913 bits per heavy atom. The smallest absolute Gasteiger partial charge is 0.186 e. The van der Waals surface area contributed by atoms with Gasteiger partial charge in [-0.15, -0.1) is 0 Å². The zero-order chi connectivity index (χ0) is 16.5. The molecule has 4 nitrogen and oxygen atoms in total. The van der Waals surface area contributed by atoms with E-state index >= 15 is 0 Å². The average Bonchev–Trinajstić information content (AvgIpc) is 2.90. The molecule has 1 aliphatic rings. The van der Waals surface area contributed by atoms with Crippen molar-refractivity contribution in [1.29, 1.82) is 0 Å². The molecule has 4 heteroatoms. The lowest BCUT2D eigenvalue weighted by molar-refractivity contribution is -0.174. The molecule has 0 unspecified atom stereocenters. The zero-order valence-electron chi connectivity index (χ0n) is 14.6. The highest BCUT2D eigenvalue weighted by molar-refractivity contribution is 5.15. The monoisotopic (exact) mass is 322 g/mol. The number of benzene rings is 1. The molecule has 1 aliphatic heterocycles. The first kappa shape index (κ1) is 18.4. The molecule has 1 heterocycles. The van der Waals surface area contributed by atoms with E-state index in [0.717, 1.165) is 25.9 Å². The summed E-state index contributed by atoms with van der Waals surface area (Å²) in [6.45, 7) is 8.06. The summed E-state index contributed by atoms with van der Waals surface area (Å²) in [5, 5.41) is 0. The summed E-state index contributed by atoms with van der Waals surface area (Å²) >= 11 is 0. The predicted octanol–water partition coefficient (Wildman–Crippen LogP) is 3.58. The van der Waals surface area contributed by atoms with Gasteiger partial charge < -0.3 is 18.9 Å². The minimum atomic E-state index is -0.331. The normalized spacial score (nSPS) is 27.4. The van der Waals surface area contributed by atoms with Gasteiger partial charge in [0.1, 0.15) is 12.2 Å². The Kier molecular flexibility index (Phi) is 8.03. The van der Waals surface area contributed by atoms with E-state index < -0.39 is 0 Å². The molecule has 0 saturated carbocycles. The summed E-state index contributed by atoms with van der Waals surface area (Å²) < 4.78 is 23.8. The van der Waals surface area contributed by atoms with Crippen molar-refractivity contribution < 1.29 is 18.9 Å². The van der Waals surface area contributed by atoms with Crippen molar-refractivity contribution in [3.63, 3.8) is 0 Å². The summed E-state index contributed by atoms with van der Waals surface area (Å²) in [7, 11) is 0. The van der Waals surface area contributed by atoms with E-state index in [1.807, 2.05) is 19.9 Å². The molecule has 0 amide bonds. The van der Waals surface area contributed by atoms with E-state index in [0.29, 0.717) is 13.2 Å². The minimum absolute atomic E-state index is 0.00913. The molecule has 0 spiro atoms. The molecule has 1 fully saturated rings. The van der Waals surface area contributed by atoms with Crippen molar-refractivity contribution in [2.24, 2.45) is 0 Å². The van der Waals surface area contributed by atoms with Gasteiger partial charge in [-0.05, 0) is 38.7 Å². The fraction of sp³-hybridized carbons (Fsp3) is 0.684. The molecule has 0 bridgehead atoms. The number of hydrogen-bond donors (Lipinski definition) is 0. The highest BCUT2D eigenvalue weighted by atomic mass is 16.7. The lowest BCUT2D eigenvalue weighted by Crippen LogP contribution is -2.39. The molecule has 0 aromatic heterocycles. The van der Waals surface area contributed by atoms with Crippen LogP contribution in [0.15, 0.2) is 30.3 Å². The third-order valence-electron chi connectivity index (χ3n) is 4.03. The summed E-state index contributed by atoms with van der Waals surface area (Å²) in [6.07, 6.45) is 2.33. The number of rotatable bonds is 10. The largest absolute Gasteiger partial charge is 0.373 e. The molecule has 2 rings (SSSR count). The fourth-order valence-electron chi connectivity index (χ4n) is 3.00. The van der Waals surface area contributed by atoms with E-state index in [-0.39, 0.29) is 24.6 Å². The summed E-state index contributed by atoms with van der Waals surface area (Å²) in [5.74, 6) is 0. The van der Waals surface area contributed by atoms with Gasteiger partial charge in [0.2, 0.25) is 0 Å². The highest BCUT2D eigenvalue weighted by Gasteiger charge is 2.46. The van der Waals surface area contributed by atoms with Gasteiger partial charge in [-0.25, -0.2) is 0 Å². The van der Waals surface area contributed by atoms with Gasteiger partial charge in [0.25, 0.3) is 0 Å². The van der Waals surface area contributed by atoms with Gasteiger partial charge in [0, 0.05) is 19.8 Å². The molecule has 23 heavy (non-hydrogen) atoms. The van der Waals surface area contributed by atoms with E-state index in [2.05, 4.69) is 31.2 Å². The van der Waals surface area contributed by atoms with Crippen molar-refractivity contribution in [2.45, 2.75) is 64.6 Å². The van der Waals surface area contributed by atoms with Gasteiger partial charge in [0.15, 0.2) is 6.29 Å². The van der Waals surface area contributed by atoms with E-state index in [1.54, 1.807) is 0 Å². The van der Waals surface area contributed by atoms with E-state index in [9.17, 15) is 0 Å². The van der Waals surface area contributed by atoms with Crippen molar-refractivity contribution >= 4 is 0 Å². The van der Waals surface area contributed by atoms with Crippen molar-refractivity contribution in [3.8, 4) is 0 Å². The number of aryl methyl sites for hydroxylation is 1. The summed E-state index contributed by atoms with van der Waals surface area (Å²) in [5.41, 5.74) is 1.32. The Morgan fingerprint density at radius 2 is 1.65 bits per heavy atom. The molecular weight excluding hydrogens is 292 g/mol. The Morgan fingerprint density at radius 3 is 2.30 bits per heavy atom. The van der Waals surface area contributed by atoms with Crippen molar-refractivity contribution in [2.75, 3.05) is 19.8 Å². The average molecular weight is 322 g/mol. The molecular formula is C19H30O4. The van der Waals surface area contributed by atoms with E-state index in [1.165, 1.54) is 5.56 Å². The van der Waals surface area contributed by atoms with Gasteiger partial charge in [-0.3, -0.25) is 0 Å². The molecule has 130 valence electrons. The Hall–Kier alpha value is -0.940. The zero-order valence-corrected chi connectivity index (χ0v) is 14.6. The second-order valence-corrected chi connectivity index (χ2v) is 5.78. The Bertz CT molecular complexity index is 423. The molecule has 0 radical (unpaired) electrons. The summed E-state index contributed by atoms with van der Waals surface area (Å²) in [4.78, 5) is 0. The van der Waals surface area contributed by atoms with Crippen LogP contribution >= 0.6 is 0 Å². The van der Waals surface area contributed by atoms with Crippen LogP contribution in [0.4, 0.5) is 0 Å². The van der Waals surface area contributed by atoms with Crippen LogP contribution in [-0.4, -0.2) is 44.4 Å². The lowest BCUT2D eigenvalue weighted by atomic mass is 10.0. The number of hydrogen-bond acceptors (Lipinski definition) is 4. The lowest BCUT2D eigenvalue weighted by Gasteiger charge is -2.24. The molecule has 1 aromatic carbocycles. The second-order valence-electron chi connectivity index (χ2n) is 5.78. The highest BCUT2D eigenvalue weighted by Crippen LogP contribution is 2.30. The van der Waals surface area contributed by atoms with Crippen LogP contribution in [0.2, 0.25) is 0 Å². The summed E-state index contributed by atoms with van der Waals surface area (Å²) in [6, 6.07) is 10.5. The van der Waals surface area contributed by atoms with Crippen molar-refractivity contribution in [1.82, 2.24) is 0 Å². The van der Waals surface area contributed by atoms with Gasteiger partial charge >= 0.3 is 0 Å². The fourth-order valence-corrected chi connectivity index (χ4v) is 3.00. The van der Waals surface area contributed by atoms with Crippen LogP contribution < -0.4 is 0 Å².